The maximum Gasteiger partial charge on any atom is 0.331 e. The molecule has 0 unspecified atom stereocenters. The predicted molar refractivity (Wildman–Crippen MR) is 100 cm³/mol. The Bertz CT molecular complexity index is 857. The largest absolute Gasteiger partial charge is 0.452 e. The Labute approximate surface area is 152 Å². The van der Waals surface area contributed by atoms with Gasteiger partial charge < -0.3 is 4.74 Å². The molecule has 3 rings (SSSR count). The number of carbonyl (C=O) groups excluding carboxylic acids is 2. The Morgan fingerprint density at radius 2 is 1.85 bits per heavy atom. The lowest BCUT2D eigenvalue weighted by atomic mass is 10.1. The Morgan fingerprint density at radius 3 is 2.62 bits per heavy atom. The molecule has 0 saturated heterocycles. The van der Waals surface area contributed by atoms with Crippen LogP contribution < -0.4 is 0 Å². The van der Waals surface area contributed by atoms with Crippen molar-refractivity contribution in [2.45, 2.75) is 13.3 Å². The minimum atomic E-state index is -0.548. The molecule has 0 spiro atoms. The van der Waals surface area contributed by atoms with E-state index in [1.165, 1.54) is 11.1 Å². The SMILES string of the molecule is Cc1ccccc1/C=C/C(=O)OCC(=O)N1CCC(c2ccccc2)=N1. The number of amides is 1. The zero-order chi connectivity index (χ0) is 18.4. The van der Waals surface area contributed by atoms with Crippen LogP contribution in [0.15, 0.2) is 65.8 Å². The van der Waals surface area contributed by atoms with Crippen LogP contribution in [0.25, 0.3) is 6.08 Å². The molecule has 0 bridgehead atoms. The van der Waals surface area contributed by atoms with E-state index in [1.807, 2.05) is 61.5 Å². The Kier molecular flexibility index (Phi) is 5.59. The summed E-state index contributed by atoms with van der Waals surface area (Å²) in [5.41, 5.74) is 3.87. The molecule has 0 radical (unpaired) electrons. The summed E-state index contributed by atoms with van der Waals surface area (Å²) in [6, 6.07) is 17.4. The summed E-state index contributed by atoms with van der Waals surface area (Å²) in [6.45, 7) is 2.15. The molecular formula is C21H20N2O3. The van der Waals surface area contributed by atoms with E-state index >= 15 is 0 Å². The van der Waals surface area contributed by atoms with Crippen LogP contribution in [-0.2, 0) is 14.3 Å². The highest BCUT2D eigenvalue weighted by Crippen LogP contribution is 2.14. The summed E-state index contributed by atoms with van der Waals surface area (Å²) >= 11 is 0. The molecule has 1 aliphatic heterocycles. The molecule has 0 N–H and O–H groups in total. The van der Waals surface area contributed by atoms with Crippen LogP contribution in [0.4, 0.5) is 0 Å². The quantitative estimate of drug-likeness (QED) is 0.616. The second kappa shape index (κ2) is 8.25. The first kappa shape index (κ1) is 17.6. The van der Waals surface area contributed by atoms with Crippen molar-refractivity contribution in [1.29, 1.82) is 0 Å². The van der Waals surface area contributed by atoms with Crippen LogP contribution in [0.3, 0.4) is 0 Å². The van der Waals surface area contributed by atoms with Gasteiger partial charge in [-0.05, 0) is 29.7 Å². The number of benzene rings is 2. The van der Waals surface area contributed by atoms with E-state index in [1.54, 1.807) is 6.08 Å². The van der Waals surface area contributed by atoms with Crippen LogP contribution >= 0.6 is 0 Å². The monoisotopic (exact) mass is 348 g/mol. The predicted octanol–water partition coefficient (Wildman–Crippen LogP) is 3.19. The second-order valence-corrected chi connectivity index (χ2v) is 5.98. The van der Waals surface area contributed by atoms with Gasteiger partial charge in [-0.3, -0.25) is 4.79 Å². The summed E-state index contributed by atoms with van der Waals surface area (Å²) in [5, 5.41) is 5.69. The minimum Gasteiger partial charge on any atom is -0.452 e. The number of hydrogen-bond acceptors (Lipinski definition) is 4. The van der Waals surface area contributed by atoms with Crippen LogP contribution in [0.5, 0.6) is 0 Å². The smallest absolute Gasteiger partial charge is 0.331 e. The van der Waals surface area contributed by atoms with Crippen LogP contribution in [0.2, 0.25) is 0 Å². The van der Waals surface area contributed by atoms with Gasteiger partial charge in [0.15, 0.2) is 6.61 Å². The molecule has 2 aromatic rings. The van der Waals surface area contributed by atoms with Crippen LogP contribution in [-0.4, -0.2) is 35.7 Å². The van der Waals surface area contributed by atoms with Crippen molar-refractivity contribution >= 4 is 23.7 Å². The molecule has 0 fully saturated rings. The van der Waals surface area contributed by atoms with Gasteiger partial charge in [-0.25, -0.2) is 9.80 Å². The average Bonchev–Trinajstić information content (AvgIpc) is 3.16. The summed E-state index contributed by atoms with van der Waals surface area (Å²) in [5.74, 6) is -0.873. The van der Waals surface area contributed by atoms with Gasteiger partial charge in [-0.1, -0.05) is 54.6 Å². The first-order chi connectivity index (χ1) is 12.6. The fraction of sp³-hybridized carbons (Fsp3) is 0.190. The normalized spacial score (nSPS) is 13.7. The number of ether oxygens (including phenoxy) is 1. The molecule has 26 heavy (non-hydrogen) atoms. The second-order valence-electron chi connectivity index (χ2n) is 5.98. The first-order valence-corrected chi connectivity index (χ1v) is 8.47. The number of hydrogen-bond donors (Lipinski definition) is 0. The fourth-order valence-corrected chi connectivity index (χ4v) is 2.66. The number of rotatable bonds is 5. The van der Waals surface area contributed by atoms with E-state index in [0.717, 1.165) is 22.4 Å². The molecule has 5 nitrogen and oxygen atoms in total. The highest BCUT2D eigenvalue weighted by molar-refractivity contribution is 6.02. The van der Waals surface area contributed by atoms with Crippen LogP contribution in [0, 0.1) is 6.92 Å². The van der Waals surface area contributed by atoms with Crippen molar-refractivity contribution in [3.8, 4) is 0 Å². The third-order valence-corrected chi connectivity index (χ3v) is 4.12. The Morgan fingerprint density at radius 1 is 1.12 bits per heavy atom. The van der Waals surface area contributed by atoms with E-state index in [2.05, 4.69) is 5.10 Å². The van der Waals surface area contributed by atoms with Gasteiger partial charge >= 0.3 is 5.97 Å². The topological polar surface area (TPSA) is 59.0 Å². The number of carbonyl (C=O) groups is 2. The maximum atomic E-state index is 12.2. The number of hydrazone groups is 1. The lowest BCUT2D eigenvalue weighted by molar-refractivity contribution is -0.147. The van der Waals surface area contributed by atoms with Crippen molar-refractivity contribution in [2.24, 2.45) is 5.10 Å². The van der Waals surface area contributed by atoms with Crippen LogP contribution in [0.1, 0.15) is 23.1 Å². The van der Waals surface area contributed by atoms with E-state index in [0.29, 0.717) is 13.0 Å². The fourth-order valence-electron chi connectivity index (χ4n) is 2.66. The molecule has 0 saturated carbocycles. The zero-order valence-corrected chi connectivity index (χ0v) is 14.6. The minimum absolute atomic E-state index is 0.317. The molecule has 1 aliphatic rings. The Balaban J connectivity index is 1.52. The van der Waals surface area contributed by atoms with Gasteiger partial charge in [0.05, 0.1) is 12.3 Å². The van der Waals surface area contributed by atoms with Crippen molar-refractivity contribution in [3.63, 3.8) is 0 Å². The lowest BCUT2D eigenvalue weighted by Crippen LogP contribution is -2.28. The van der Waals surface area contributed by atoms with Gasteiger partial charge in [0, 0.05) is 12.5 Å². The molecule has 1 amide bonds. The van der Waals surface area contributed by atoms with E-state index in [-0.39, 0.29) is 12.5 Å². The van der Waals surface area contributed by atoms with Gasteiger partial charge in [0.25, 0.3) is 5.91 Å². The van der Waals surface area contributed by atoms with Gasteiger partial charge in [0.2, 0.25) is 0 Å². The third-order valence-electron chi connectivity index (χ3n) is 4.12. The number of aryl methyl sites for hydroxylation is 1. The number of esters is 1. The molecule has 2 aromatic carbocycles. The number of nitrogens with zero attached hydrogens (tertiary/aromatic N) is 2. The molecule has 0 atom stereocenters. The highest BCUT2D eigenvalue weighted by Gasteiger charge is 2.22. The van der Waals surface area contributed by atoms with Gasteiger partial charge in [-0.2, -0.15) is 5.10 Å². The average molecular weight is 348 g/mol. The summed E-state index contributed by atoms with van der Waals surface area (Å²) in [7, 11) is 0. The van der Waals surface area contributed by atoms with Crippen molar-refractivity contribution in [1.82, 2.24) is 5.01 Å². The van der Waals surface area contributed by atoms with Gasteiger partial charge in [0.1, 0.15) is 0 Å². The summed E-state index contributed by atoms with van der Waals surface area (Å²) < 4.78 is 5.03. The van der Waals surface area contributed by atoms with E-state index in [9.17, 15) is 9.59 Å². The molecular weight excluding hydrogens is 328 g/mol. The third kappa shape index (κ3) is 4.45. The van der Waals surface area contributed by atoms with Crippen molar-refractivity contribution < 1.29 is 14.3 Å². The van der Waals surface area contributed by atoms with Crippen molar-refractivity contribution in [2.75, 3.05) is 13.2 Å². The highest BCUT2D eigenvalue weighted by atomic mass is 16.5. The van der Waals surface area contributed by atoms with E-state index < -0.39 is 5.97 Å². The summed E-state index contributed by atoms with van der Waals surface area (Å²) in [6.07, 6.45) is 3.71. The molecule has 0 aromatic heterocycles. The molecule has 132 valence electrons. The molecule has 5 heteroatoms. The Hall–Kier alpha value is -3.21. The lowest BCUT2D eigenvalue weighted by Gasteiger charge is -2.10. The standard InChI is InChI=1S/C21H20N2O3/c1-16-7-5-6-8-17(16)11-12-21(25)26-15-20(24)23-14-13-19(22-23)18-9-3-2-4-10-18/h2-12H,13-15H2,1H3/b12-11+. The zero-order valence-electron chi connectivity index (χ0n) is 14.6. The van der Waals surface area contributed by atoms with Crippen molar-refractivity contribution in [3.05, 3.63) is 77.4 Å². The maximum absolute atomic E-state index is 12.2. The molecule has 0 aliphatic carbocycles. The van der Waals surface area contributed by atoms with E-state index in [4.69, 9.17) is 4.74 Å². The van der Waals surface area contributed by atoms with Gasteiger partial charge in [-0.15, -0.1) is 0 Å². The molecule has 1 heterocycles. The first-order valence-electron chi connectivity index (χ1n) is 8.47. The summed E-state index contributed by atoms with van der Waals surface area (Å²) in [4.78, 5) is 24.0.